The molecule has 2 heterocycles. The molecule has 0 spiro atoms. The Hall–Kier alpha value is -0.160. The van der Waals surface area contributed by atoms with Crippen LogP contribution in [0.4, 0.5) is 0 Å². The fraction of sp³-hybridized carbons (Fsp3) is 1.00. The lowest BCUT2D eigenvalue weighted by Crippen LogP contribution is -2.45. The van der Waals surface area contributed by atoms with E-state index in [2.05, 4.69) is 22.0 Å². The molecule has 4 heteroatoms. The van der Waals surface area contributed by atoms with Crippen LogP contribution >= 0.6 is 0 Å². The maximum atomic E-state index is 5.44. The molecule has 0 radical (unpaired) electrons. The monoisotopic (exact) mass is 283 g/mol. The molecular formula is C16H33N3O. The lowest BCUT2D eigenvalue weighted by molar-refractivity contribution is 0.0185. The van der Waals surface area contributed by atoms with Crippen molar-refractivity contribution >= 4 is 0 Å². The summed E-state index contributed by atoms with van der Waals surface area (Å²) in [6.07, 6.45) is 6.78. The third-order valence-electron chi connectivity index (χ3n) is 4.62. The summed E-state index contributed by atoms with van der Waals surface area (Å²) in [6, 6.07) is 0.781. The zero-order valence-corrected chi connectivity index (χ0v) is 13.3. The summed E-state index contributed by atoms with van der Waals surface area (Å²) in [4.78, 5) is 5.25. The van der Waals surface area contributed by atoms with Crippen molar-refractivity contribution < 1.29 is 4.74 Å². The Morgan fingerprint density at radius 3 is 2.70 bits per heavy atom. The van der Waals surface area contributed by atoms with Crippen molar-refractivity contribution in [3.05, 3.63) is 0 Å². The second-order valence-electron chi connectivity index (χ2n) is 6.20. The van der Waals surface area contributed by atoms with Crippen molar-refractivity contribution in [2.45, 2.75) is 45.1 Å². The zero-order valence-electron chi connectivity index (χ0n) is 13.3. The van der Waals surface area contributed by atoms with E-state index in [1.807, 2.05) is 0 Å². The number of nitrogens with one attached hydrogen (secondary N) is 1. The number of unbranched alkanes of at least 4 members (excludes halogenated alkanes) is 3. The van der Waals surface area contributed by atoms with E-state index in [-0.39, 0.29) is 0 Å². The van der Waals surface area contributed by atoms with Crippen LogP contribution in [-0.2, 0) is 4.74 Å². The fourth-order valence-corrected chi connectivity index (χ4v) is 3.29. The second kappa shape index (κ2) is 9.72. The van der Waals surface area contributed by atoms with Gasteiger partial charge in [-0.15, -0.1) is 0 Å². The highest BCUT2D eigenvalue weighted by Crippen LogP contribution is 2.16. The van der Waals surface area contributed by atoms with E-state index in [9.17, 15) is 0 Å². The molecule has 0 amide bonds. The van der Waals surface area contributed by atoms with Gasteiger partial charge >= 0.3 is 0 Å². The highest BCUT2D eigenvalue weighted by molar-refractivity contribution is 4.84. The largest absolute Gasteiger partial charge is 0.379 e. The molecule has 2 rings (SSSR count). The number of hydrogen-bond donors (Lipinski definition) is 1. The van der Waals surface area contributed by atoms with Crippen molar-refractivity contribution in [3.8, 4) is 0 Å². The van der Waals surface area contributed by atoms with Crippen molar-refractivity contribution in [3.63, 3.8) is 0 Å². The van der Waals surface area contributed by atoms with Crippen molar-refractivity contribution in [2.24, 2.45) is 0 Å². The van der Waals surface area contributed by atoms with E-state index in [0.717, 1.165) is 38.9 Å². The van der Waals surface area contributed by atoms with Crippen LogP contribution in [0.1, 0.15) is 39.0 Å². The molecule has 2 saturated heterocycles. The van der Waals surface area contributed by atoms with Gasteiger partial charge in [0.15, 0.2) is 0 Å². The number of hydrogen-bond acceptors (Lipinski definition) is 4. The molecule has 0 aliphatic carbocycles. The van der Waals surface area contributed by atoms with Crippen LogP contribution in [0, 0.1) is 0 Å². The maximum absolute atomic E-state index is 5.44. The summed E-state index contributed by atoms with van der Waals surface area (Å²) in [6.45, 7) is 12.5. The zero-order chi connectivity index (χ0) is 14.0. The highest BCUT2D eigenvalue weighted by Gasteiger charge is 2.28. The van der Waals surface area contributed by atoms with Crippen LogP contribution < -0.4 is 5.32 Å². The van der Waals surface area contributed by atoms with Crippen molar-refractivity contribution in [2.75, 3.05) is 59.0 Å². The molecule has 0 bridgehead atoms. The molecule has 1 atom stereocenters. The molecule has 2 aliphatic rings. The lowest BCUT2D eigenvalue weighted by Gasteiger charge is -2.32. The Bertz CT molecular complexity index is 244. The van der Waals surface area contributed by atoms with Crippen LogP contribution in [0.15, 0.2) is 0 Å². The minimum absolute atomic E-state index is 0.781. The SMILES string of the molecule is CCCCCCNCCN1CCC(N2CCOCC2)C1. The summed E-state index contributed by atoms with van der Waals surface area (Å²) in [5.74, 6) is 0. The third kappa shape index (κ3) is 5.68. The van der Waals surface area contributed by atoms with Gasteiger partial charge in [0.25, 0.3) is 0 Å². The van der Waals surface area contributed by atoms with Crippen LogP contribution in [0.3, 0.4) is 0 Å². The van der Waals surface area contributed by atoms with Crippen LogP contribution in [0.2, 0.25) is 0 Å². The summed E-state index contributed by atoms with van der Waals surface area (Å²) < 4.78 is 5.44. The first-order valence-electron chi connectivity index (χ1n) is 8.65. The van der Waals surface area contributed by atoms with Gasteiger partial charge in [-0.05, 0) is 25.9 Å². The summed E-state index contributed by atoms with van der Waals surface area (Å²) in [7, 11) is 0. The summed E-state index contributed by atoms with van der Waals surface area (Å²) in [5, 5.41) is 3.59. The van der Waals surface area contributed by atoms with Crippen molar-refractivity contribution in [1.82, 2.24) is 15.1 Å². The van der Waals surface area contributed by atoms with Crippen LogP contribution in [0.25, 0.3) is 0 Å². The summed E-state index contributed by atoms with van der Waals surface area (Å²) >= 11 is 0. The van der Waals surface area contributed by atoms with Gasteiger partial charge in [-0.2, -0.15) is 0 Å². The number of morpholine rings is 1. The molecule has 4 nitrogen and oxygen atoms in total. The minimum atomic E-state index is 0.781. The number of ether oxygens (including phenoxy) is 1. The first-order chi connectivity index (χ1) is 9.90. The summed E-state index contributed by atoms with van der Waals surface area (Å²) in [5.41, 5.74) is 0. The average molecular weight is 283 g/mol. The second-order valence-corrected chi connectivity index (χ2v) is 6.20. The maximum Gasteiger partial charge on any atom is 0.0594 e. The third-order valence-corrected chi connectivity index (χ3v) is 4.62. The lowest BCUT2D eigenvalue weighted by atomic mass is 10.2. The predicted molar refractivity (Wildman–Crippen MR) is 84.2 cm³/mol. The van der Waals surface area contributed by atoms with Crippen LogP contribution in [-0.4, -0.2) is 74.9 Å². The van der Waals surface area contributed by atoms with E-state index >= 15 is 0 Å². The first kappa shape index (κ1) is 16.2. The van der Waals surface area contributed by atoms with Gasteiger partial charge in [-0.25, -0.2) is 0 Å². The van der Waals surface area contributed by atoms with E-state index in [1.54, 1.807) is 0 Å². The quantitative estimate of drug-likeness (QED) is 0.650. The normalized spacial score (nSPS) is 25.4. The molecule has 118 valence electrons. The Morgan fingerprint density at radius 2 is 1.90 bits per heavy atom. The Morgan fingerprint density at radius 1 is 1.05 bits per heavy atom. The fourth-order valence-electron chi connectivity index (χ4n) is 3.29. The van der Waals surface area contributed by atoms with Gasteiger partial charge in [0.05, 0.1) is 13.2 Å². The first-order valence-corrected chi connectivity index (χ1v) is 8.65. The Balaban J connectivity index is 1.48. The molecule has 2 aliphatic heterocycles. The highest BCUT2D eigenvalue weighted by atomic mass is 16.5. The van der Waals surface area contributed by atoms with Gasteiger partial charge in [-0.3, -0.25) is 4.90 Å². The standard InChI is InChI=1S/C16H33N3O/c1-2-3-4-5-7-17-8-10-18-9-6-16(15-18)19-11-13-20-14-12-19/h16-17H,2-15H2,1H3. The van der Waals surface area contributed by atoms with Gasteiger partial charge in [0, 0.05) is 38.8 Å². The van der Waals surface area contributed by atoms with Gasteiger partial charge in [0.1, 0.15) is 0 Å². The molecule has 0 aromatic heterocycles. The topological polar surface area (TPSA) is 27.7 Å². The predicted octanol–water partition coefficient (Wildman–Crippen LogP) is 1.56. The molecule has 0 aromatic carbocycles. The molecule has 0 aromatic rings. The number of likely N-dealkylation sites (tertiary alicyclic amines) is 1. The van der Waals surface area contributed by atoms with E-state index in [1.165, 1.54) is 58.3 Å². The smallest absolute Gasteiger partial charge is 0.0594 e. The average Bonchev–Trinajstić information content (AvgIpc) is 2.96. The van der Waals surface area contributed by atoms with E-state index in [4.69, 9.17) is 4.74 Å². The molecule has 1 unspecified atom stereocenters. The van der Waals surface area contributed by atoms with Gasteiger partial charge < -0.3 is 15.0 Å². The van der Waals surface area contributed by atoms with Gasteiger partial charge in [0.2, 0.25) is 0 Å². The van der Waals surface area contributed by atoms with E-state index in [0.29, 0.717) is 0 Å². The Labute approximate surface area is 124 Å². The van der Waals surface area contributed by atoms with Crippen LogP contribution in [0.5, 0.6) is 0 Å². The number of nitrogens with zero attached hydrogens (tertiary/aromatic N) is 2. The molecule has 1 N–H and O–H groups in total. The number of rotatable bonds is 9. The Kier molecular flexibility index (Phi) is 7.88. The molecule has 20 heavy (non-hydrogen) atoms. The molecule has 0 saturated carbocycles. The molecular weight excluding hydrogens is 250 g/mol. The molecule has 2 fully saturated rings. The van der Waals surface area contributed by atoms with Crippen molar-refractivity contribution in [1.29, 1.82) is 0 Å². The van der Waals surface area contributed by atoms with E-state index < -0.39 is 0 Å². The van der Waals surface area contributed by atoms with Gasteiger partial charge in [-0.1, -0.05) is 26.2 Å². The minimum Gasteiger partial charge on any atom is -0.379 e.